The molecule has 0 rings (SSSR count). The topological polar surface area (TPSA) is 26.0 Å². The van der Waals surface area contributed by atoms with Crippen LogP contribution in [0.2, 0.25) is 0 Å². The molecule has 0 unspecified atom stereocenters. The fourth-order valence-corrected chi connectivity index (χ4v) is 1.01. The first kappa shape index (κ1) is 11.4. The highest BCUT2D eigenvalue weighted by atomic mass is 14.5. The van der Waals surface area contributed by atoms with Gasteiger partial charge in [-0.05, 0) is 39.5 Å². The molecule has 0 spiro atoms. The van der Waals surface area contributed by atoms with E-state index in [1.807, 2.05) is 0 Å². The third-order valence-corrected chi connectivity index (χ3v) is 1.83. The summed E-state index contributed by atoms with van der Waals surface area (Å²) in [6.07, 6.45) is 7.04. The second kappa shape index (κ2) is 7.11. The van der Waals surface area contributed by atoms with Crippen LogP contribution in [0, 0.1) is 0 Å². The van der Waals surface area contributed by atoms with E-state index >= 15 is 0 Å². The van der Waals surface area contributed by atoms with Gasteiger partial charge in [0.15, 0.2) is 0 Å². The van der Waals surface area contributed by atoms with E-state index in [1.54, 1.807) is 0 Å². The Morgan fingerprint density at radius 2 is 2.00 bits per heavy atom. The van der Waals surface area contributed by atoms with Crippen LogP contribution in [0.15, 0.2) is 23.8 Å². The maximum atomic E-state index is 5.42. The Morgan fingerprint density at radius 3 is 2.50 bits per heavy atom. The van der Waals surface area contributed by atoms with E-state index in [0.29, 0.717) is 6.54 Å². The average Bonchev–Trinajstić information content (AvgIpc) is 2.03. The van der Waals surface area contributed by atoms with Crippen molar-refractivity contribution in [1.82, 2.24) is 0 Å². The first-order valence-electron chi connectivity index (χ1n) is 4.67. The SMILES string of the molecule is C=C(CN)CCCCC=C(C)C. The smallest absolute Gasteiger partial charge is 0.0134 e. The first-order chi connectivity index (χ1) is 5.66. The van der Waals surface area contributed by atoms with Crippen molar-refractivity contribution >= 4 is 0 Å². The highest BCUT2D eigenvalue weighted by Gasteiger charge is 1.90. The normalized spacial score (nSPS) is 9.58. The van der Waals surface area contributed by atoms with Crippen LogP contribution in [0.1, 0.15) is 39.5 Å². The lowest BCUT2D eigenvalue weighted by atomic mass is 10.1. The van der Waals surface area contributed by atoms with Crippen LogP contribution >= 0.6 is 0 Å². The molecule has 0 aliphatic heterocycles. The second-order valence-electron chi connectivity index (χ2n) is 3.48. The van der Waals surface area contributed by atoms with Crippen molar-refractivity contribution in [3.63, 3.8) is 0 Å². The summed E-state index contributed by atoms with van der Waals surface area (Å²) < 4.78 is 0. The third-order valence-electron chi connectivity index (χ3n) is 1.83. The Morgan fingerprint density at radius 1 is 1.33 bits per heavy atom. The van der Waals surface area contributed by atoms with Crippen LogP contribution in [0.5, 0.6) is 0 Å². The molecule has 0 aromatic heterocycles. The van der Waals surface area contributed by atoms with Gasteiger partial charge in [-0.2, -0.15) is 0 Å². The Balaban J connectivity index is 3.22. The molecule has 0 saturated carbocycles. The summed E-state index contributed by atoms with van der Waals surface area (Å²) >= 11 is 0. The van der Waals surface area contributed by atoms with Gasteiger partial charge in [0.25, 0.3) is 0 Å². The number of unbranched alkanes of at least 4 members (excludes halogenated alkanes) is 2. The molecule has 0 bridgehead atoms. The zero-order chi connectivity index (χ0) is 9.40. The van der Waals surface area contributed by atoms with Crippen molar-refractivity contribution < 1.29 is 0 Å². The summed E-state index contributed by atoms with van der Waals surface area (Å²) in [5.41, 5.74) is 8.01. The molecule has 0 fully saturated rings. The van der Waals surface area contributed by atoms with Gasteiger partial charge in [0, 0.05) is 6.54 Å². The molecule has 1 heteroatoms. The quantitative estimate of drug-likeness (QED) is 0.477. The van der Waals surface area contributed by atoms with E-state index in [9.17, 15) is 0 Å². The van der Waals surface area contributed by atoms with Gasteiger partial charge in [0.1, 0.15) is 0 Å². The Hall–Kier alpha value is -0.560. The zero-order valence-electron chi connectivity index (χ0n) is 8.40. The average molecular weight is 167 g/mol. The minimum Gasteiger partial charge on any atom is -0.327 e. The molecule has 0 aromatic carbocycles. The molecule has 2 N–H and O–H groups in total. The third kappa shape index (κ3) is 7.55. The first-order valence-corrected chi connectivity index (χ1v) is 4.67. The summed E-state index contributed by atoms with van der Waals surface area (Å²) in [7, 11) is 0. The van der Waals surface area contributed by atoms with Gasteiger partial charge in [-0.3, -0.25) is 0 Å². The monoisotopic (exact) mass is 167 g/mol. The number of hydrogen-bond acceptors (Lipinski definition) is 1. The lowest BCUT2D eigenvalue weighted by Crippen LogP contribution is -2.01. The molecule has 0 aliphatic carbocycles. The Kier molecular flexibility index (Phi) is 6.78. The lowest BCUT2D eigenvalue weighted by molar-refractivity contribution is 0.733. The molecular weight excluding hydrogens is 146 g/mol. The Labute approximate surface area is 76.3 Å². The fourth-order valence-electron chi connectivity index (χ4n) is 1.01. The van der Waals surface area contributed by atoms with Gasteiger partial charge in [-0.15, -0.1) is 0 Å². The summed E-state index contributed by atoms with van der Waals surface area (Å²) in [5, 5.41) is 0. The predicted molar refractivity (Wildman–Crippen MR) is 56.1 cm³/mol. The molecule has 1 nitrogen and oxygen atoms in total. The minimum atomic E-state index is 0.642. The van der Waals surface area contributed by atoms with Crippen LogP contribution in [-0.2, 0) is 0 Å². The molecular formula is C11H21N. The summed E-state index contributed by atoms with van der Waals surface area (Å²) in [4.78, 5) is 0. The molecule has 0 heterocycles. The van der Waals surface area contributed by atoms with E-state index < -0.39 is 0 Å². The summed E-state index contributed by atoms with van der Waals surface area (Å²) in [6.45, 7) is 8.78. The maximum Gasteiger partial charge on any atom is 0.0134 e. The van der Waals surface area contributed by atoms with Crippen molar-refractivity contribution in [1.29, 1.82) is 0 Å². The van der Waals surface area contributed by atoms with Gasteiger partial charge in [0.2, 0.25) is 0 Å². The molecule has 0 saturated heterocycles. The maximum absolute atomic E-state index is 5.42. The zero-order valence-corrected chi connectivity index (χ0v) is 8.40. The van der Waals surface area contributed by atoms with E-state index in [1.165, 1.54) is 30.4 Å². The van der Waals surface area contributed by atoms with Crippen molar-refractivity contribution in [2.75, 3.05) is 6.54 Å². The van der Waals surface area contributed by atoms with Crippen LogP contribution in [-0.4, -0.2) is 6.54 Å². The van der Waals surface area contributed by atoms with Crippen molar-refractivity contribution in [2.45, 2.75) is 39.5 Å². The van der Waals surface area contributed by atoms with Gasteiger partial charge in [-0.1, -0.05) is 23.8 Å². The van der Waals surface area contributed by atoms with Gasteiger partial charge in [0.05, 0.1) is 0 Å². The molecule has 0 radical (unpaired) electrons. The van der Waals surface area contributed by atoms with Gasteiger partial charge in [-0.25, -0.2) is 0 Å². The second-order valence-corrected chi connectivity index (χ2v) is 3.48. The predicted octanol–water partition coefficient (Wildman–Crippen LogP) is 3.03. The van der Waals surface area contributed by atoms with E-state index in [2.05, 4.69) is 26.5 Å². The molecule has 12 heavy (non-hydrogen) atoms. The van der Waals surface area contributed by atoms with E-state index in [-0.39, 0.29) is 0 Å². The lowest BCUT2D eigenvalue weighted by Gasteiger charge is -2.00. The minimum absolute atomic E-state index is 0.642. The molecule has 0 amide bonds. The van der Waals surface area contributed by atoms with Crippen LogP contribution in [0.3, 0.4) is 0 Å². The van der Waals surface area contributed by atoms with Crippen LogP contribution < -0.4 is 5.73 Å². The summed E-state index contributed by atoms with van der Waals surface area (Å²) in [5.74, 6) is 0. The number of hydrogen-bond donors (Lipinski definition) is 1. The summed E-state index contributed by atoms with van der Waals surface area (Å²) in [6, 6.07) is 0. The molecule has 0 aliphatic rings. The number of rotatable bonds is 6. The molecule has 70 valence electrons. The van der Waals surface area contributed by atoms with E-state index in [0.717, 1.165) is 6.42 Å². The fraction of sp³-hybridized carbons (Fsp3) is 0.636. The van der Waals surface area contributed by atoms with Crippen molar-refractivity contribution in [2.24, 2.45) is 5.73 Å². The Bertz CT molecular complexity index is 152. The van der Waals surface area contributed by atoms with Gasteiger partial charge >= 0.3 is 0 Å². The van der Waals surface area contributed by atoms with E-state index in [4.69, 9.17) is 5.73 Å². The molecule has 0 aromatic rings. The standard InChI is InChI=1S/C11H21N/c1-10(2)7-5-4-6-8-11(3)9-12/h7H,3-6,8-9,12H2,1-2H3. The largest absolute Gasteiger partial charge is 0.327 e. The highest BCUT2D eigenvalue weighted by Crippen LogP contribution is 2.07. The van der Waals surface area contributed by atoms with Crippen LogP contribution in [0.4, 0.5) is 0 Å². The van der Waals surface area contributed by atoms with Crippen LogP contribution in [0.25, 0.3) is 0 Å². The number of allylic oxidation sites excluding steroid dienone is 2. The van der Waals surface area contributed by atoms with Crippen molar-refractivity contribution in [3.8, 4) is 0 Å². The van der Waals surface area contributed by atoms with Gasteiger partial charge < -0.3 is 5.73 Å². The van der Waals surface area contributed by atoms with Crippen molar-refractivity contribution in [3.05, 3.63) is 23.8 Å². The highest BCUT2D eigenvalue weighted by molar-refractivity contribution is 4.96. The molecule has 0 atom stereocenters. The number of nitrogens with two attached hydrogens (primary N) is 1.